The minimum atomic E-state index is -0.540. The van der Waals surface area contributed by atoms with Gasteiger partial charge in [0.15, 0.2) is 0 Å². The fourth-order valence-electron chi connectivity index (χ4n) is 3.04. The number of benzene rings is 1. The molecule has 1 atom stereocenters. The van der Waals surface area contributed by atoms with E-state index in [1.807, 2.05) is 22.4 Å². The van der Waals surface area contributed by atoms with Gasteiger partial charge in [-0.1, -0.05) is 17.7 Å². The van der Waals surface area contributed by atoms with Crippen LogP contribution < -0.4 is 5.32 Å². The Hall–Kier alpha value is -2.00. The molecule has 0 radical (unpaired) electrons. The second-order valence-electron chi connectivity index (χ2n) is 6.35. The average Bonchev–Trinajstić information content (AvgIpc) is 3.28. The number of nitrogens with zero attached hydrogens (tertiary/aromatic N) is 2. The number of nitro groups is 1. The second kappa shape index (κ2) is 9.27. The van der Waals surface area contributed by atoms with E-state index in [-0.39, 0.29) is 29.9 Å². The fourth-order valence-corrected chi connectivity index (χ4v) is 3.96. The highest BCUT2D eigenvalue weighted by Crippen LogP contribution is 2.27. The minimum Gasteiger partial charge on any atom is -0.377 e. The molecule has 3 rings (SSSR count). The van der Waals surface area contributed by atoms with Crippen molar-refractivity contribution >= 4 is 40.2 Å². The van der Waals surface area contributed by atoms with E-state index < -0.39 is 4.92 Å². The number of rotatable bonds is 8. The van der Waals surface area contributed by atoms with Crippen LogP contribution in [-0.2, 0) is 16.1 Å². The van der Waals surface area contributed by atoms with Gasteiger partial charge in [0.2, 0.25) is 5.91 Å². The molecule has 0 spiro atoms. The predicted octanol–water partition coefficient (Wildman–Crippen LogP) is 3.93. The molecule has 7 nitrogen and oxygen atoms in total. The van der Waals surface area contributed by atoms with Gasteiger partial charge in [0.1, 0.15) is 5.69 Å². The molecule has 27 heavy (non-hydrogen) atoms. The van der Waals surface area contributed by atoms with Crippen molar-refractivity contribution in [1.29, 1.82) is 0 Å². The Bertz CT molecular complexity index is 794. The third-order valence-corrected chi connectivity index (χ3v) is 5.34. The number of amides is 1. The highest BCUT2D eigenvalue weighted by molar-refractivity contribution is 7.09. The maximum Gasteiger partial charge on any atom is 0.292 e. The molecule has 0 saturated carbocycles. The van der Waals surface area contributed by atoms with Gasteiger partial charge in [-0.3, -0.25) is 19.8 Å². The van der Waals surface area contributed by atoms with Crippen LogP contribution in [0.15, 0.2) is 35.7 Å². The van der Waals surface area contributed by atoms with Crippen molar-refractivity contribution < 1.29 is 14.5 Å². The first-order valence-corrected chi connectivity index (χ1v) is 9.87. The molecule has 1 saturated heterocycles. The van der Waals surface area contributed by atoms with Crippen molar-refractivity contribution in [3.8, 4) is 0 Å². The summed E-state index contributed by atoms with van der Waals surface area (Å²) in [5.74, 6) is -0.324. The van der Waals surface area contributed by atoms with E-state index in [4.69, 9.17) is 16.3 Å². The van der Waals surface area contributed by atoms with Crippen molar-refractivity contribution in [2.24, 2.45) is 0 Å². The summed E-state index contributed by atoms with van der Waals surface area (Å²) in [4.78, 5) is 26.3. The number of anilines is 1. The lowest BCUT2D eigenvalue weighted by molar-refractivity contribution is -0.383. The SMILES string of the molecule is O=C(CN(Cc1cccs1)C[C@@H]1CCCO1)Nc1cc(Cl)ccc1[N+](=O)[O-]. The van der Waals surface area contributed by atoms with Crippen LogP contribution >= 0.6 is 22.9 Å². The summed E-state index contributed by atoms with van der Waals surface area (Å²) in [5.41, 5.74) is -0.0811. The zero-order chi connectivity index (χ0) is 19.2. The molecule has 1 N–H and O–H groups in total. The van der Waals surface area contributed by atoms with Gasteiger partial charge in [-0.2, -0.15) is 0 Å². The summed E-state index contributed by atoms with van der Waals surface area (Å²) in [7, 11) is 0. The van der Waals surface area contributed by atoms with Gasteiger partial charge in [0.25, 0.3) is 5.69 Å². The van der Waals surface area contributed by atoms with Crippen LogP contribution in [0.2, 0.25) is 5.02 Å². The predicted molar refractivity (Wildman–Crippen MR) is 105 cm³/mol. The van der Waals surface area contributed by atoms with E-state index in [1.54, 1.807) is 11.3 Å². The Morgan fingerprint density at radius 1 is 1.44 bits per heavy atom. The molecule has 0 unspecified atom stereocenters. The third kappa shape index (κ3) is 5.74. The van der Waals surface area contributed by atoms with Crippen LogP contribution in [0.3, 0.4) is 0 Å². The number of nitrogens with one attached hydrogen (secondary N) is 1. The number of ether oxygens (including phenoxy) is 1. The number of carbonyl (C=O) groups excluding carboxylic acids is 1. The lowest BCUT2D eigenvalue weighted by Gasteiger charge is -2.24. The molecule has 2 heterocycles. The third-order valence-electron chi connectivity index (χ3n) is 4.24. The zero-order valence-corrected chi connectivity index (χ0v) is 16.2. The number of thiophene rings is 1. The highest BCUT2D eigenvalue weighted by atomic mass is 35.5. The molecular weight excluding hydrogens is 390 g/mol. The lowest BCUT2D eigenvalue weighted by Crippen LogP contribution is -2.37. The summed E-state index contributed by atoms with van der Waals surface area (Å²) in [5, 5.41) is 16.1. The highest BCUT2D eigenvalue weighted by Gasteiger charge is 2.23. The van der Waals surface area contributed by atoms with Gasteiger partial charge in [-0.15, -0.1) is 11.3 Å². The summed E-state index contributed by atoms with van der Waals surface area (Å²) >= 11 is 7.55. The van der Waals surface area contributed by atoms with E-state index in [9.17, 15) is 14.9 Å². The molecule has 1 aromatic carbocycles. The van der Waals surface area contributed by atoms with E-state index >= 15 is 0 Å². The zero-order valence-electron chi connectivity index (χ0n) is 14.6. The molecule has 1 fully saturated rings. The summed E-state index contributed by atoms with van der Waals surface area (Å²) in [6.45, 7) is 2.13. The summed E-state index contributed by atoms with van der Waals surface area (Å²) < 4.78 is 5.69. The van der Waals surface area contributed by atoms with E-state index in [0.29, 0.717) is 18.1 Å². The second-order valence-corrected chi connectivity index (χ2v) is 7.82. The Labute approximate surface area is 166 Å². The van der Waals surface area contributed by atoms with E-state index in [2.05, 4.69) is 5.32 Å². The molecule has 9 heteroatoms. The number of carbonyl (C=O) groups is 1. The summed E-state index contributed by atoms with van der Waals surface area (Å²) in [6.07, 6.45) is 2.11. The molecule has 1 amide bonds. The first-order valence-electron chi connectivity index (χ1n) is 8.61. The van der Waals surface area contributed by atoms with Gasteiger partial charge in [-0.25, -0.2) is 0 Å². The normalized spacial score (nSPS) is 16.6. The van der Waals surface area contributed by atoms with Gasteiger partial charge in [-0.05, 0) is 36.4 Å². The van der Waals surface area contributed by atoms with Crippen molar-refractivity contribution in [1.82, 2.24) is 4.90 Å². The van der Waals surface area contributed by atoms with Gasteiger partial charge in [0, 0.05) is 35.7 Å². The monoisotopic (exact) mass is 409 g/mol. The van der Waals surface area contributed by atoms with Crippen LogP contribution in [0, 0.1) is 10.1 Å². The molecule has 0 bridgehead atoms. The molecular formula is C18H20ClN3O4S. The van der Waals surface area contributed by atoms with Crippen LogP contribution in [0.5, 0.6) is 0 Å². The minimum absolute atomic E-state index is 0.102. The number of nitro benzene ring substituents is 1. The topological polar surface area (TPSA) is 84.7 Å². The van der Waals surface area contributed by atoms with Crippen molar-refractivity contribution in [2.75, 3.05) is 25.0 Å². The number of halogens is 1. The van der Waals surface area contributed by atoms with Gasteiger partial charge < -0.3 is 10.1 Å². The van der Waals surface area contributed by atoms with Crippen molar-refractivity contribution in [2.45, 2.75) is 25.5 Å². The molecule has 0 aliphatic carbocycles. The largest absolute Gasteiger partial charge is 0.377 e. The first kappa shape index (κ1) is 19.8. The average molecular weight is 410 g/mol. The Morgan fingerprint density at radius 2 is 2.30 bits per heavy atom. The standard InChI is InChI=1S/C18H20ClN3O4S/c19-13-5-6-17(22(24)25)16(9-13)20-18(23)12-21(10-14-3-1-7-26-14)11-15-4-2-8-27-15/h2,4-6,8-9,14H,1,3,7,10-12H2,(H,20,23)/t14-/m0/s1. The van der Waals surface area contributed by atoms with Crippen LogP contribution in [-0.4, -0.2) is 41.5 Å². The van der Waals surface area contributed by atoms with E-state index in [1.165, 1.54) is 18.2 Å². The molecule has 144 valence electrons. The molecule has 1 aromatic heterocycles. The summed E-state index contributed by atoms with van der Waals surface area (Å²) in [6, 6.07) is 8.09. The first-order chi connectivity index (χ1) is 13.0. The number of hydrogen-bond acceptors (Lipinski definition) is 6. The smallest absolute Gasteiger partial charge is 0.292 e. The maximum absolute atomic E-state index is 12.6. The molecule has 2 aromatic rings. The van der Waals surface area contributed by atoms with Crippen LogP contribution in [0.25, 0.3) is 0 Å². The molecule has 1 aliphatic heterocycles. The maximum atomic E-state index is 12.6. The Kier molecular flexibility index (Phi) is 6.78. The Morgan fingerprint density at radius 3 is 2.96 bits per heavy atom. The fraction of sp³-hybridized carbons (Fsp3) is 0.389. The van der Waals surface area contributed by atoms with Crippen LogP contribution in [0.4, 0.5) is 11.4 Å². The van der Waals surface area contributed by atoms with Gasteiger partial charge >= 0.3 is 0 Å². The van der Waals surface area contributed by atoms with Gasteiger partial charge in [0.05, 0.1) is 17.6 Å². The quantitative estimate of drug-likeness (QED) is 0.527. The molecule has 1 aliphatic rings. The van der Waals surface area contributed by atoms with E-state index in [0.717, 1.165) is 24.3 Å². The van der Waals surface area contributed by atoms with Crippen LogP contribution in [0.1, 0.15) is 17.7 Å². The lowest BCUT2D eigenvalue weighted by atomic mass is 10.2. The van der Waals surface area contributed by atoms with Crippen molar-refractivity contribution in [3.05, 3.63) is 55.7 Å². The van der Waals surface area contributed by atoms with Crippen molar-refractivity contribution in [3.63, 3.8) is 0 Å². The number of hydrogen-bond donors (Lipinski definition) is 1. The Balaban J connectivity index is 1.68.